The van der Waals surface area contributed by atoms with Gasteiger partial charge in [0.25, 0.3) is 5.91 Å². The first-order chi connectivity index (χ1) is 15.5. The minimum Gasteiger partial charge on any atom is -0.347 e. The molecule has 3 saturated heterocycles. The standard InChI is InChI=1S/C23H22F2N4O2S.ClH/c24-16-2-1-3-17(25)21(16)28-23(31)26-15-5-4-14-10-20(32-19(14)11-15)22(30)27-18-12-29-8-6-13(18)7-9-29;/h1-5,10-11,13,18H,6-9,12H2,(H,27,30)(H2,26,28,31);1H/t18-;/m0./s1. The summed E-state index contributed by atoms with van der Waals surface area (Å²) in [4.78, 5) is 28.0. The summed E-state index contributed by atoms with van der Waals surface area (Å²) in [7, 11) is 0. The van der Waals surface area contributed by atoms with Gasteiger partial charge in [-0.15, -0.1) is 23.7 Å². The molecule has 0 saturated carbocycles. The van der Waals surface area contributed by atoms with E-state index in [0.717, 1.165) is 54.7 Å². The number of carbonyl (C=O) groups excluding carboxylic acids is 2. The lowest BCUT2D eigenvalue weighted by molar-refractivity contribution is 0.0622. The van der Waals surface area contributed by atoms with Crippen LogP contribution in [0.4, 0.5) is 25.0 Å². The van der Waals surface area contributed by atoms with Gasteiger partial charge in [0.15, 0.2) is 0 Å². The molecule has 2 bridgehead atoms. The van der Waals surface area contributed by atoms with Crippen molar-refractivity contribution in [2.24, 2.45) is 5.92 Å². The topological polar surface area (TPSA) is 73.5 Å². The van der Waals surface area contributed by atoms with Gasteiger partial charge in [0, 0.05) is 23.0 Å². The first-order valence-corrected chi connectivity index (χ1v) is 11.4. The molecule has 3 fully saturated rings. The van der Waals surface area contributed by atoms with Crippen LogP contribution in [0.25, 0.3) is 10.1 Å². The van der Waals surface area contributed by atoms with E-state index in [-0.39, 0.29) is 24.4 Å². The van der Waals surface area contributed by atoms with Gasteiger partial charge < -0.3 is 20.9 Å². The molecule has 3 aliphatic rings. The van der Waals surface area contributed by atoms with E-state index in [1.54, 1.807) is 18.2 Å². The zero-order chi connectivity index (χ0) is 22.2. The van der Waals surface area contributed by atoms with Crippen molar-refractivity contribution in [2.45, 2.75) is 18.9 Å². The van der Waals surface area contributed by atoms with Crippen LogP contribution in [0.2, 0.25) is 0 Å². The highest BCUT2D eigenvalue weighted by Crippen LogP contribution is 2.31. The van der Waals surface area contributed by atoms with Crippen molar-refractivity contribution in [3.05, 3.63) is 59.0 Å². The van der Waals surface area contributed by atoms with Gasteiger partial charge >= 0.3 is 6.03 Å². The van der Waals surface area contributed by atoms with Crippen molar-refractivity contribution in [3.63, 3.8) is 0 Å². The van der Waals surface area contributed by atoms with Gasteiger partial charge in [-0.1, -0.05) is 12.1 Å². The summed E-state index contributed by atoms with van der Waals surface area (Å²) in [6, 6.07) is 9.86. The number of para-hydroxylation sites is 1. The Labute approximate surface area is 199 Å². The summed E-state index contributed by atoms with van der Waals surface area (Å²) in [5.74, 6) is -1.24. The molecule has 0 spiro atoms. The number of anilines is 2. The van der Waals surface area contributed by atoms with Gasteiger partial charge in [0.2, 0.25) is 0 Å². The molecule has 3 amide bonds. The van der Waals surface area contributed by atoms with Crippen LogP contribution in [0.5, 0.6) is 0 Å². The molecule has 1 atom stereocenters. The van der Waals surface area contributed by atoms with Crippen LogP contribution < -0.4 is 16.0 Å². The second-order valence-electron chi connectivity index (χ2n) is 8.26. The molecule has 6 rings (SSSR count). The molecule has 33 heavy (non-hydrogen) atoms. The second kappa shape index (κ2) is 9.62. The molecule has 174 valence electrons. The summed E-state index contributed by atoms with van der Waals surface area (Å²) >= 11 is 1.35. The first kappa shape index (κ1) is 23.4. The molecule has 10 heteroatoms. The lowest BCUT2D eigenvalue weighted by Gasteiger charge is -2.44. The van der Waals surface area contributed by atoms with Crippen LogP contribution in [0.1, 0.15) is 22.5 Å². The normalized spacial score (nSPS) is 21.3. The summed E-state index contributed by atoms with van der Waals surface area (Å²) in [6.07, 6.45) is 2.26. The molecule has 0 unspecified atom stereocenters. The smallest absolute Gasteiger partial charge is 0.323 e. The van der Waals surface area contributed by atoms with Gasteiger partial charge in [-0.2, -0.15) is 0 Å². The number of fused-ring (bicyclic) bond motifs is 4. The third-order valence-electron chi connectivity index (χ3n) is 6.18. The van der Waals surface area contributed by atoms with Crippen LogP contribution >= 0.6 is 23.7 Å². The lowest BCUT2D eigenvalue weighted by Crippen LogP contribution is -2.57. The number of carbonyl (C=O) groups is 2. The van der Waals surface area contributed by atoms with Crippen LogP contribution in [0.15, 0.2) is 42.5 Å². The molecule has 1 aromatic heterocycles. The molecule has 2 aromatic carbocycles. The summed E-state index contributed by atoms with van der Waals surface area (Å²) in [5.41, 5.74) is -0.0492. The Morgan fingerprint density at radius 2 is 1.73 bits per heavy atom. The van der Waals surface area contributed by atoms with Crippen LogP contribution in [0.3, 0.4) is 0 Å². The van der Waals surface area contributed by atoms with E-state index in [2.05, 4.69) is 20.9 Å². The van der Waals surface area contributed by atoms with E-state index < -0.39 is 23.4 Å². The molecule has 3 N–H and O–H groups in total. The number of urea groups is 1. The van der Waals surface area contributed by atoms with Crippen molar-refractivity contribution in [1.29, 1.82) is 0 Å². The van der Waals surface area contributed by atoms with E-state index >= 15 is 0 Å². The third kappa shape index (κ3) is 4.95. The highest BCUT2D eigenvalue weighted by Gasteiger charge is 2.35. The van der Waals surface area contributed by atoms with Crippen LogP contribution in [-0.4, -0.2) is 42.5 Å². The Morgan fingerprint density at radius 3 is 2.39 bits per heavy atom. The van der Waals surface area contributed by atoms with Gasteiger partial charge in [0.05, 0.1) is 4.88 Å². The fourth-order valence-corrected chi connectivity index (χ4v) is 5.49. The first-order valence-electron chi connectivity index (χ1n) is 10.5. The van der Waals surface area contributed by atoms with Gasteiger partial charge in [0.1, 0.15) is 17.3 Å². The molecule has 4 heterocycles. The largest absolute Gasteiger partial charge is 0.347 e. The third-order valence-corrected chi connectivity index (χ3v) is 7.27. The molecule has 3 aliphatic heterocycles. The minimum absolute atomic E-state index is 0. The van der Waals surface area contributed by atoms with Crippen LogP contribution in [0, 0.1) is 17.6 Å². The number of benzene rings is 2. The average molecular weight is 493 g/mol. The predicted molar refractivity (Wildman–Crippen MR) is 128 cm³/mol. The molecule has 0 aliphatic carbocycles. The molecule has 3 aromatic rings. The van der Waals surface area contributed by atoms with Crippen molar-refractivity contribution < 1.29 is 18.4 Å². The second-order valence-corrected chi connectivity index (χ2v) is 9.34. The maximum Gasteiger partial charge on any atom is 0.323 e. The minimum atomic E-state index is -0.854. The highest BCUT2D eigenvalue weighted by molar-refractivity contribution is 7.20. The SMILES string of the molecule is Cl.O=C(Nc1ccc2cc(C(=O)N[C@H]3CN4CCC3CC4)sc2c1)Nc1c(F)cccc1F. The monoisotopic (exact) mass is 492 g/mol. The zero-order valence-electron chi connectivity index (χ0n) is 17.6. The number of amides is 3. The zero-order valence-corrected chi connectivity index (χ0v) is 19.2. The van der Waals surface area contributed by atoms with E-state index in [1.807, 2.05) is 6.07 Å². The summed E-state index contributed by atoms with van der Waals surface area (Å²) in [5, 5.41) is 8.85. The average Bonchev–Trinajstić information content (AvgIpc) is 3.21. The van der Waals surface area contributed by atoms with Crippen molar-refractivity contribution in [1.82, 2.24) is 10.2 Å². The fourth-order valence-electron chi connectivity index (χ4n) is 4.48. The van der Waals surface area contributed by atoms with E-state index in [0.29, 0.717) is 16.5 Å². The van der Waals surface area contributed by atoms with Gasteiger partial charge in [-0.05, 0) is 67.6 Å². The van der Waals surface area contributed by atoms with Crippen LogP contribution in [-0.2, 0) is 0 Å². The molecular formula is C23H23ClF2N4O2S. The number of nitrogens with zero attached hydrogens (tertiary/aromatic N) is 1. The van der Waals surface area contributed by atoms with Gasteiger partial charge in [-0.25, -0.2) is 13.6 Å². The Balaban J connectivity index is 0.00000259. The Morgan fingerprint density at radius 1 is 1.00 bits per heavy atom. The highest BCUT2D eigenvalue weighted by atomic mass is 35.5. The maximum atomic E-state index is 13.7. The van der Waals surface area contributed by atoms with Crippen molar-refractivity contribution in [3.8, 4) is 0 Å². The quantitative estimate of drug-likeness (QED) is 0.476. The van der Waals surface area contributed by atoms with E-state index in [9.17, 15) is 18.4 Å². The lowest BCUT2D eigenvalue weighted by atomic mass is 9.84. The number of rotatable bonds is 4. The summed E-state index contributed by atoms with van der Waals surface area (Å²) < 4.78 is 28.3. The van der Waals surface area contributed by atoms with E-state index in [4.69, 9.17) is 0 Å². The predicted octanol–water partition coefficient (Wildman–Crippen LogP) is 5.07. The number of thiophene rings is 1. The molecule has 0 radical (unpaired) electrons. The molecule has 6 nitrogen and oxygen atoms in total. The van der Waals surface area contributed by atoms with Gasteiger partial charge in [-0.3, -0.25) is 4.79 Å². The van der Waals surface area contributed by atoms with Crippen molar-refractivity contribution >= 4 is 57.1 Å². The maximum absolute atomic E-state index is 13.7. The van der Waals surface area contributed by atoms with Crippen molar-refractivity contribution in [2.75, 3.05) is 30.3 Å². The Hall–Kier alpha value is -2.75. The Kier molecular flexibility index (Phi) is 6.83. The Bertz CT molecular complexity index is 1180. The number of halogens is 3. The summed E-state index contributed by atoms with van der Waals surface area (Å²) in [6.45, 7) is 3.15. The molecular weight excluding hydrogens is 470 g/mol. The number of hydrogen-bond donors (Lipinski definition) is 3. The van der Waals surface area contributed by atoms with E-state index in [1.165, 1.54) is 17.4 Å². The number of piperidine rings is 3. The fraction of sp³-hybridized carbons (Fsp3) is 0.304. The number of nitrogens with one attached hydrogen (secondary N) is 3. The number of hydrogen-bond acceptors (Lipinski definition) is 4.